The monoisotopic (exact) mass is 298 g/mol. The van der Waals surface area contributed by atoms with Crippen LogP contribution in [0.25, 0.3) is 0 Å². The largest absolute Gasteiger partial charge is 0.323 e. The predicted molar refractivity (Wildman–Crippen MR) is 77.9 cm³/mol. The Bertz CT molecular complexity index is 532. The standard InChI is InChI=1S/C14H16Cl2N2O/c1-7-2-4-10(15)13(12(7)16)18-14(19)9-6-8-3-5-11(9)17-8/h2,4,8-9,11,17H,3,5-6H2,1H3,(H,18,19). The van der Waals surface area contributed by atoms with Crippen LogP contribution >= 0.6 is 23.2 Å². The molecule has 1 aromatic rings. The number of rotatable bonds is 2. The summed E-state index contributed by atoms with van der Waals surface area (Å²) in [6, 6.07) is 4.42. The average Bonchev–Trinajstić information content (AvgIpc) is 3.01. The molecule has 19 heavy (non-hydrogen) atoms. The first-order chi connectivity index (χ1) is 9.06. The van der Waals surface area contributed by atoms with Crippen molar-refractivity contribution < 1.29 is 4.79 Å². The Balaban J connectivity index is 1.78. The third kappa shape index (κ3) is 2.35. The average molecular weight is 299 g/mol. The van der Waals surface area contributed by atoms with Gasteiger partial charge in [0, 0.05) is 12.1 Å². The van der Waals surface area contributed by atoms with Gasteiger partial charge < -0.3 is 10.6 Å². The van der Waals surface area contributed by atoms with Crippen LogP contribution in [-0.4, -0.2) is 18.0 Å². The number of hydrogen-bond donors (Lipinski definition) is 2. The zero-order valence-corrected chi connectivity index (χ0v) is 12.2. The Morgan fingerprint density at radius 2 is 2.16 bits per heavy atom. The Morgan fingerprint density at radius 1 is 1.37 bits per heavy atom. The van der Waals surface area contributed by atoms with Crippen LogP contribution in [0.5, 0.6) is 0 Å². The van der Waals surface area contributed by atoms with E-state index in [0.717, 1.165) is 18.4 Å². The van der Waals surface area contributed by atoms with E-state index in [-0.39, 0.29) is 11.8 Å². The SMILES string of the molecule is Cc1ccc(Cl)c(NC(=O)C2CC3CCC2N3)c1Cl. The van der Waals surface area contributed by atoms with Crippen molar-refractivity contribution in [2.24, 2.45) is 5.92 Å². The van der Waals surface area contributed by atoms with E-state index in [9.17, 15) is 4.79 Å². The maximum Gasteiger partial charge on any atom is 0.229 e. The topological polar surface area (TPSA) is 41.1 Å². The summed E-state index contributed by atoms with van der Waals surface area (Å²) >= 11 is 12.3. The number of benzene rings is 1. The van der Waals surface area contributed by atoms with Gasteiger partial charge in [-0.3, -0.25) is 4.79 Å². The molecule has 2 N–H and O–H groups in total. The number of hydrogen-bond acceptors (Lipinski definition) is 2. The van der Waals surface area contributed by atoms with Crippen molar-refractivity contribution in [3.63, 3.8) is 0 Å². The van der Waals surface area contributed by atoms with Gasteiger partial charge in [-0.05, 0) is 37.8 Å². The molecule has 102 valence electrons. The lowest BCUT2D eigenvalue weighted by atomic mass is 9.88. The molecule has 3 atom stereocenters. The van der Waals surface area contributed by atoms with Crippen molar-refractivity contribution in [3.05, 3.63) is 27.7 Å². The van der Waals surface area contributed by atoms with Crippen molar-refractivity contribution in [3.8, 4) is 0 Å². The Kier molecular flexibility index (Phi) is 3.46. The normalized spacial score (nSPS) is 28.7. The number of carbonyl (C=O) groups is 1. The lowest BCUT2D eigenvalue weighted by Gasteiger charge is -2.20. The second-order valence-electron chi connectivity index (χ2n) is 5.43. The van der Waals surface area contributed by atoms with Crippen LogP contribution in [0.1, 0.15) is 24.8 Å². The molecule has 2 saturated heterocycles. The highest BCUT2D eigenvalue weighted by Crippen LogP contribution is 2.37. The lowest BCUT2D eigenvalue weighted by Crippen LogP contribution is -2.33. The molecule has 0 saturated carbocycles. The lowest BCUT2D eigenvalue weighted by molar-refractivity contribution is -0.120. The molecule has 2 aliphatic rings. The van der Waals surface area contributed by atoms with E-state index in [1.807, 2.05) is 13.0 Å². The molecule has 2 fully saturated rings. The molecule has 3 unspecified atom stereocenters. The fraction of sp³-hybridized carbons (Fsp3) is 0.500. The molecule has 2 bridgehead atoms. The number of aryl methyl sites for hydroxylation is 1. The van der Waals surface area contributed by atoms with Gasteiger partial charge in [0.25, 0.3) is 0 Å². The van der Waals surface area contributed by atoms with Gasteiger partial charge in [0.05, 0.1) is 21.7 Å². The summed E-state index contributed by atoms with van der Waals surface area (Å²) in [4.78, 5) is 12.4. The third-order valence-corrected chi connectivity index (χ3v) is 4.97. The van der Waals surface area contributed by atoms with Gasteiger partial charge in [-0.15, -0.1) is 0 Å². The van der Waals surface area contributed by atoms with E-state index in [4.69, 9.17) is 23.2 Å². The van der Waals surface area contributed by atoms with Crippen molar-refractivity contribution in [2.45, 2.75) is 38.3 Å². The molecule has 0 aliphatic carbocycles. The molecule has 2 heterocycles. The van der Waals surface area contributed by atoms with E-state index in [0.29, 0.717) is 27.8 Å². The maximum atomic E-state index is 12.4. The fourth-order valence-corrected chi connectivity index (χ4v) is 3.57. The van der Waals surface area contributed by atoms with Crippen LogP contribution < -0.4 is 10.6 Å². The highest BCUT2D eigenvalue weighted by atomic mass is 35.5. The maximum absolute atomic E-state index is 12.4. The van der Waals surface area contributed by atoms with Crippen molar-refractivity contribution >= 4 is 34.8 Å². The number of anilines is 1. The van der Waals surface area contributed by atoms with Crippen molar-refractivity contribution in [1.82, 2.24) is 5.32 Å². The van der Waals surface area contributed by atoms with Gasteiger partial charge in [0.1, 0.15) is 0 Å². The Labute approximate surface area is 122 Å². The number of nitrogens with one attached hydrogen (secondary N) is 2. The van der Waals surface area contributed by atoms with Gasteiger partial charge in [0.15, 0.2) is 0 Å². The summed E-state index contributed by atoms with van der Waals surface area (Å²) in [5, 5.41) is 7.37. The van der Waals surface area contributed by atoms with Gasteiger partial charge in [0.2, 0.25) is 5.91 Å². The minimum atomic E-state index is 0.0223. The summed E-state index contributed by atoms with van der Waals surface area (Å²) in [5.41, 5.74) is 1.45. The zero-order chi connectivity index (χ0) is 13.6. The Morgan fingerprint density at radius 3 is 2.79 bits per heavy atom. The molecule has 2 aliphatic heterocycles. The summed E-state index contributed by atoms with van der Waals surface area (Å²) in [7, 11) is 0. The molecule has 1 amide bonds. The van der Waals surface area contributed by atoms with E-state index in [1.165, 1.54) is 6.42 Å². The first-order valence-corrected chi connectivity index (χ1v) is 7.33. The molecule has 0 aromatic heterocycles. The second-order valence-corrected chi connectivity index (χ2v) is 6.22. The molecule has 3 rings (SSSR count). The molecule has 3 nitrogen and oxygen atoms in total. The minimum absolute atomic E-state index is 0.0223. The third-order valence-electron chi connectivity index (χ3n) is 4.17. The summed E-state index contributed by atoms with van der Waals surface area (Å²) in [6.45, 7) is 1.90. The van der Waals surface area contributed by atoms with Crippen molar-refractivity contribution in [1.29, 1.82) is 0 Å². The van der Waals surface area contributed by atoms with Crippen LogP contribution in [0.2, 0.25) is 10.0 Å². The summed E-state index contributed by atoms with van der Waals surface area (Å²) < 4.78 is 0. The highest BCUT2D eigenvalue weighted by Gasteiger charge is 2.42. The molecule has 1 aromatic carbocycles. The number of amides is 1. The van der Waals surface area contributed by atoms with Gasteiger partial charge >= 0.3 is 0 Å². The van der Waals surface area contributed by atoms with Crippen LogP contribution in [0.15, 0.2) is 12.1 Å². The van der Waals surface area contributed by atoms with Crippen molar-refractivity contribution in [2.75, 3.05) is 5.32 Å². The predicted octanol–water partition coefficient (Wildman–Crippen LogP) is 3.38. The minimum Gasteiger partial charge on any atom is -0.323 e. The number of halogens is 2. The summed E-state index contributed by atoms with van der Waals surface area (Å²) in [5.74, 6) is 0.0560. The van der Waals surface area contributed by atoms with E-state index in [2.05, 4.69) is 10.6 Å². The molecule has 0 spiro atoms. The quantitative estimate of drug-likeness (QED) is 0.879. The fourth-order valence-electron chi connectivity index (χ4n) is 3.10. The van der Waals surface area contributed by atoms with E-state index >= 15 is 0 Å². The molecule has 5 heteroatoms. The number of carbonyl (C=O) groups excluding carboxylic acids is 1. The van der Waals surface area contributed by atoms with E-state index in [1.54, 1.807) is 6.07 Å². The van der Waals surface area contributed by atoms with Gasteiger partial charge in [-0.1, -0.05) is 29.3 Å². The smallest absolute Gasteiger partial charge is 0.229 e. The first kappa shape index (κ1) is 13.2. The zero-order valence-electron chi connectivity index (χ0n) is 10.7. The van der Waals surface area contributed by atoms with Crippen LogP contribution in [-0.2, 0) is 4.79 Å². The Hall–Kier alpha value is -0.770. The van der Waals surface area contributed by atoms with E-state index < -0.39 is 0 Å². The summed E-state index contributed by atoms with van der Waals surface area (Å²) in [6.07, 6.45) is 3.18. The second kappa shape index (κ2) is 4.97. The first-order valence-electron chi connectivity index (χ1n) is 6.58. The molecular formula is C14H16Cl2N2O. The van der Waals surface area contributed by atoms with Crippen LogP contribution in [0.4, 0.5) is 5.69 Å². The van der Waals surface area contributed by atoms with Gasteiger partial charge in [-0.25, -0.2) is 0 Å². The highest BCUT2D eigenvalue weighted by molar-refractivity contribution is 6.40. The molecular weight excluding hydrogens is 283 g/mol. The van der Waals surface area contributed by atoms with Gasteiger partial charge in [-0.2, -0.15) is 0 Å². The molecule has 0 radical (unpaired) electrons. The number of fused-ring (bicyclic) bond motifs is 2. The van der Waals surface area contributed by atoms with Crippen LogP contribution in [0.3, 0.4) is 0 Å². The van der Waals surface area contributed by atoms with Crippen LogP contribution in [0, 0.1) is 12.8 Å².